The number of carbonyl (C=O) groups excluding carboxylic acids is 2. The number of methoxy groups -OCH3 is 1. The predicted octanol–water partition coefficient (Wildman–Crippen LogP) is 1.10. The molecule has 0 radical (unpaired) electrons. The summed E-state index contributed by atoms with van der Waals surface area (Å²) in [6.45, 7) is 5.96. The fourth-order valence-electron chi connectivity index (χ4n) is 2.03. The first-order valence-corrected chi connectivity index (χ1v) is 5.24. The topological polar surface area (TPSA) is 55.4 Å². The van der Waals surface area contributed by atoms with Crippen LogP contribution in [0.2, 0.25) is 0 Å². The Balaban J connectivity index is 2.58. The summed E-state index contributed by atoms with van der Waals surface area (Å²) in [5, 5.41) is 2.33. The average molecular weight is 213 g/mol. The van der Waals surface area contributed by atoms with Crippen molar-refractivity contribution in [2.24, 2.45) is 11.8 Å². The zero-order chi connectivity index (χ0) is 11.6. The molecule has 1 N–H and O–H groups in total. The third kappa shape index (κ3) is 3.02. The van der Waals surface area contributed by atoms with E-state index in [1.165, 1.54) is 0 Å². The Morgan fingerprint density at radius 2 is 2.13 bits per heavy atom. The van der Waals surface area contributed by atoms with Crippen LogP contribution in [0.15, 0.2) is 0 Å². The second-order valence-electron chi connectivity index (χ2n) is 4.87. The van der Waals surface area contributed by atoms with Crippen molar-refractivity contribution >= 4 is 11.8 Å². The quantitative estimate of drug-likeness (QED) is 0.711. The van der Waals surface area contributed by atoms with Gasteiger partial charge in [-0.2, -0.15) is 0 Å². The molecule has 1 fully saturated rings. The third-order valence-corrected chi connectivity index (χ3v) is 3.06. The molecule has 0 aromatic rings. The lowest BCUT2D eigenvalue weighted by molar-refractivity contribution is -0.126. The van der Waals surface area contributed by atoms with Crippen molar-refractivity contribution in [3.63, 3.8) is 0 Å². The summed E-state index contributed by atoms with van der Waals surface area (Å²) < 4.78 is 5.31. The molecule has 86 valence electrons. The highest BCUT2D eigenvalue weighted by Gasteiger charge is 2.36. The van der Waals surface area contributed by atoms with Gasteiger partial charge in [0.25, 0.3) is 0 Å². The Hall–Kier alpha value is -0.900. The van der Waals surface area contributed by atoms with Gasteiger partial charge in [-0.1, -0.05) is 6.92 Å². The van der Waals surface area contributed by atoms with Crippen molar-refractivity contribution in [2.45, 2.75) is 39.2 Å². The molecule has 0 aromatic heterocycles. The highest BCUT2D eigenvalue weighted by molar-refractivity contribution is 6.03. The summed E-state index contributed by atoms with van der Waals surface area (Å²) in [5.74, 6) is -0.329. The predicted molar refractivity (Wildman–Crippen MR) is 56.1 cm³/mol. The Morgan fingerprint density at radius 1 is 1.53 bits per heavy atom. The van der Waals surface area contributed by atoms with Crippen LogP contribution in [0.25, 0.3) is 0 Å². The number of hydrogen-bond acceptors (Lipinski definition) is 3. The zero-order valence-electron chi connectivity index (χ0n) is 9.79. The van der Waals surface area contributed by atoms with Gasteiger partial charge in [0, 0.05) is 19.4 Å². The van der Waals surface area contributed by atoms with Crippen molar-refractivity contribution in [3.8, 4) is 0 Å². The molecule has 0 saturated carbocycles. The molecule has 2 unspecified atom stereocenters. The lowest BCUT2D eigenvalue weighted by Gasteiger charge is -2.28. The highest BCUT2D eigenvalue weighted by atomic mass is 16.5. The third-order valence-electron chi connectivity index (χ3n) is 3.06. The molecule has 0 aromatic carbocycles. The fraction of sp³-hybridized carbons (Fsp3) is 0.818. The summed E-state index contributed by atoms with van der Waals surface area (Å²) >= 11 is 0. The Bertz CT molecular complexity index is 273. The van der Waals surface area contributed by atoms with Crippen molar-refractivity contribution in [1.82, 2.24) is 5.32 Å². The maximum atomic E-state index is 11.4. The molecule has 4 nitrogen and oxygen atoms in total. The largest absolute Gasteiger partial charge is 0.379 e. The monoisotopic (exact) mass is 213 g/mol. The van der Waals surface area contributed by atoms with Gasteiger partial charge in [0.15, 0.2) is 0 Å². The Morgan fingerprint density at radius 3 is 2.53 bits per heavy atom. The van der Waals surface area contributed by atoms with Crippen LogP contribution in [0, 0.1) is 11.8 Å². The van der Waals surface area contributed by atoms with Crippen LogP contribution in [0.5, 0.6) is 0 Å². The van der Waals surface area contributed by atoms with Crippen molar-refractivity contribution in [3.05, 3.63) is 0 Å². The minimum Gasteiger partial charge on any atom is -0.379 e. The van der Waals surface area contributed by atoms with Crippen molar-refractivity contribution < 1.29 is 14.3 Å². The lowest BCUT2D eigenvalue weighted by atomic mass is 9.84. The number of hydrogen-bond donors (Lipinski definition) is 1. The first-order valence-electron chi connectivity index (χ1n) is 5.24. The van der Waals surface area contributed by atoms with E-state index in [1.807, 2.05) is 20.8 Å². The van der Waals surface area contributed by atoms with Crippen LogP contribution in [-0.2, 0) is 14.3 Å². The number of imide groups is 1. The average Bonchev–Trinajstić information content (AvgIpc) is 2.45. The van der Waals surface area contributed by atoms with E-state index < -0.39 is 0 Å². The Labute approximate surface area is 90.4 Å². The van der Waals surface area contributed by atoms with Crippen molar-refractivity contribution in [1.29, 1.82) is 0 Å². The lowest BCUT2D eigenvalue weighted by Crippen LogP contribution is -2.31. The first kappa shape index (κ1) is 12.2. The Kier molecular flexibility index (Phi) is 3.50. The highest BCUT2D eigenvalue weighted by Crippen LogP contribution is 2.29. The maximum Gasteiger partial charge on any atom is 0.230 e. The van der Waals surface area contributed by atoms with E-state index in [1.54, 1.807) is 7.11 Å². The van der Waals surface area contributed by atoms with Gasteiger partial charge in [0.05, 0.1) is 5.60 Å². The van der Waals surface area contributed by atoms with E-state index in [-0.39, 0.29) is 29.3 Å². The second kappa shape index (κ2) is 4.31. The van der Waals surface area contributed by atoms with Crippen LogP contribution >= 0.6 is 0 Å². The fourth-order valence-corrected chi connectivity index (χ4v) is 2.03. The van der Waals surface area contributed by atoms with Gasteiger partial charge in [0.2, 0.25) is 11.8 Å². The van der Waals surface area contributed by atoms with E-state index in [9.17, 15) is 9.59 Å². The molecule has 1 rings (SSSR count). The van der Waals surface area contributed by atoms with Crippen LogP contribution in [0.3, 0.4) is 0 Å². The van der Waals surface area contributed by atoms with Gasteiger partial charge in [0.1, 0.15) is 0 Å². The molecule has 4 heteroatoms. The second-order valence-corrected chi connectivity index (χ2v) is 4.87. The van der Waals surface area contributed by atoms with Gasteiger partial charge < -0.3 is 4.74 Å². The van der Waals surface area contributed by atoms with Gasteiger partial charge >= 0.3 is 0 Å². The van der Waals surface area contributed by atoms with E-state index in [2.05, 4.69) is 5.32 Å². The van der Waals surface area contributed by atoms with E-state index >= 15 is 0 Å². The van der Waals surface area contributed by atoms with Crippen LogP contribution in [0.4, 0.5) is 0 Å². The van der Waals surface area contributed by atoms with E-state index in [0.29, 0.717) is 6.42 Å². The first-order chi connectivity index (χ1) is 6.85. The molecule has 1 saturated heterocycles. The number of amides is 2. The number of rotatable bonds is 4. The molecule has 1 heterocycles. The number of ether oxygens (including phenoxy) is 1. The summed E-state index contributed by atoms with van der Waals surface area (Å²) in [4.78, 5) is 22.5. The summed E-state index contributed by atoms with van der Waals surface area (Å²) in [7, 11) is 1.66. The van der Waals surface area contributed by atoms with E-state index in [4.69, 9.17) is 4.74 Å². The molecule has 1 aliphatic heterocycles. The normalized spacial score (nSPS) is 24.1. The zero-order valence-corrected chi connectivity index (χ0v) is 9.79. The molecule has 1 aliphatic rings. The summed E-state index contributed by atoms with van der Waals surface area (Å²) in [5.41, 5.74) is -0.245. The molecule has 2 amide bonds. The minimum atomic E-state index is -0.245. The molecular formula is C11H19NO3. The molecule has 15 heavy (non-hydrogen) atoms. The standard InChI is InChI=1S/C11H19NO3/c1-7(6-11(2,3)15-4)8-5-9(13)12-10(8)14/h7-8H,5-6H2,1-4H3,(H,12,13,14). The molecular weight excluding hydrogens is 194 g/mol. The van der Waals surface area contributed by atoms with Crippen LogP contribution in [-0.4, -0.2) is 24.5 Å². The van der Waals surface area contributed by atoms with E-state index in [0.717, 1.165) is 6.42 Å². The van der Waals surface area contributed by atoms with Gasteiger partial charge in [-0.25, -0.2) is 0 Å². The summed E-state index contributed by atoms with van der Waals surface area (Å²) in [6, 6.07) is 0. The summed E-state index contributed by atoms with van der Waals surface area (Å²) in [6.07, 6.45) is 1.09. The SMILES string of the molecule is COC(C)(C)CC(C)C1CC(=O)NC1=O. The van der Waals surface area contributed by atoms with Gasteiger partial charge in [-0.3, -0.25) is 14.9 Å². The maximum absolute atomic E-state index is 11.4. The van der Waals surface area contributed by atoms with Crippen molar-refractivity contribution in [2.75, 3.05) is 7.11 Å². The molecule has 0 spiro atoms. The van der Waals surface area contributed by atoms with Crippen LogP contribution in [0.1, 0.15) is 33.6 Å². The molecule has 0 bridgehead atoms. The molecule has 0 aliphatic carbocycles. The van der Waals surface area contributed by atoms with Crippen LogP contribution < -0.4 is 5.32 Å². The smallest absolute Gasteiger partial charge is 0.230 e. The molecule has 2 atom stereocenters. The van der Waals surface area contributed by atoms with Gasteiger partial charge in [-0.05, 0) is 26.2 Å². The van der Waals surface area contributed by atoms with Gasteiger partial charge in [-0.15, -0.1) is 0 Å². The number of nitrogens with one attached hydrogen (secondary N) is 1. The number of carbonyl (C=O) groups is 2. The minimum absolute atomic E-state index is 0.139.